The molecule has 1 atom stereocenters. The van der Waals surface area contributed by atoms with Crippen LogP contribution in [0.3, 0.4) is 0 Å². The van der Waals surface area contributed by atoms with E-state index in [1.54, 1.807) is 11.8 Å². The van der Waals surface area contributed by atoms with Gasteiger partial charge in [-0.1, -0.05) is 6.92 Å². The quantitative estimate of drug-likeness (QED) is 0.584. The number of carbonyl (C=O) groups is 1. The molecule has 0 spiro atoms. The first-order valence-corrected chi connectivity index (χ1v) is 4.72. The van der Waals surface area contributed by atoms with Crippen LogP contribution in [0.5, 0.6) is 0 Å². The second-order valence-electron chi connectivity index (χ2n) is 1.88. The van der Waals surface area contributed by atoms with E-state index in [4.69, 9.17) is 0 Å². The van der Waals surface area contributed by atoms with Crippen LogP contribution in [0.1, 0.15) is 13.3 Å². The lowest BCUT2D eigenvalue weighted by Gasteiger charge is -2.14. The molecule has 0 aromatic carbocycles. The Balaban J connectivity index is 3.54. The summed E-state index contributed by atoms with van der Waals surface area (Å²) in [6.07, 6.45) is 2.87. The Morgan fingerprint density at radius 2 is 2.33 bits per heavy atom. The number of hydrogen-bond acceptors (Lipinski definition) is 3. The fraction of sp³-hybridized carbons (Fsp3) is 0.833. The van der Waals surface area contributed by atoms with E-state index in [0.29, 0.717) is 0 Å². The molecule has 0 aliphatic rings. The number of carbonyl (C=O) groups excluding carboxylic acids is 1. The first-order valence-electron chi connectivity index (χ1n) is 2.92. The lowest BCUT2D eigenvalue weighted by Crippen LogP contribution is -2.12. The molecule has 54 valence electrons. The van der Waals surface area contributed by atoms with Crippen LogP contribution in [0.25, 0.3) is 0 Å². The molecule has 0 bridgehead atoms. The van der Waals surface area contributed by atoms with Crippen molar-refractivity contribution in [2.75, 3.05) is 12.0 Å². The first kappa shape index (κ1) is 9.24. The molecule has 9 heavy (non-hydrogen) atoms. The summed E-state index contributed by atoms with van der Waals surface area (Å²) < 4.78 is 0. The van der Waals surface area contributed by atoms with Crippen molar-refractivity contribution in [2.24, 2.45) is 5.92 Å². The van der Waals surface area contributed by atoms with Gasteiger partial charge in [0.2, 0.25) is 0 Å². The summed E-state index contributed by atoms with van der Waals surface area (Å²) in [4.78, 5) is 10.6. The lowest BCUT2D eigenvalue weighted by atomic mass is 10.1. The van der Waals surface area contributed by atoms with E-state index in [1.807, 2.05) is 13.2 Å². The SMILES string of the molecule is CCC(CSC)C(=O)[S-]. The van der Waals surface area contributed by atoms with Gasteiger partial charge >= 0.3 is 0 Å². The normalized spacial score (nSPS) is 13.1. The minimum Gasteiger partial charge on any atom is -0.742 e. The maximum atomic E-state index is 10.6. The van der Waals surface area contributed by atoms with Crippen molar-refractivity contribution in [3.8, 4) is 0 Å². The van der Waals surface area contributed by atoms with E-state index in [2.05, 4.69) is 12.6 Å². The third-order valence-electron chi connectivity index (χ3n) is 1.19. The van der Waals surface area contributed by atoms with Gasteiger partial charge in [0, 0.05) is 16.8 Å². The van der Waals surface area contributed by atoms with Crippen LogP contribution in [0.15, 0.2) is 0 Å². The predicted molar refractivity (Wildman–Crippen MR) is 44.5 cm³/mol. The monoisotopic (exact) mass is 163 g/mol. The molecule has 0 amide bonds. The third kappa shape index (κ3) is 3.76. The van der Waals surface area contributed by atoms with Crippen LogP contribution in [-0.4, -0.2) is 17.1 Å². The molecule has 0 rings (SSSR count). The van der Waals surface area contributed by atoms with Crippen LogP contribution in [0.2, 0.25) is 0 Å². The fourth-order valence-corrected chi connectivity index (χ4v) is 1.70. The van der Waals surface area contributed by atoms with Gasteiger partial charge in [0.1, 0.15) is 0 Å². The summed E-state index contributed by atoms with van der Waals surface area (Å²) in [7, 11) is 0. The van der Waals surface area contributed by atoms with E-state index in [9.17, 15) is 4.79 Å². The average molecular weight is 163 g/mol. The van der Waals surface area contributed by atoms with Crippen molar-refractivity contribution in [1.29, 1.82) is 0 Å². The highest BCUT2D eigenvalue weighted by atomic mass is 32.2. The second-order valence-corrected chi connectivity index (χ2v) is 3.19. The van der Waals surface area contributed by atoms with E-state index in [1.165, 1.54) is 0 Å². The molecule has 0 saturated heterocycles. The van der Waals surface area contributed by atoms with Crippen LogP contribution in [0, 0.1) is 5.92 Å². The van der Waals surface area contributed by atoms with Gasteiger partial charge in [-0.15, -0.1) is 0 Å². The highest BCUT2D eigenvalue weighted by Crippen LogP contribution is 2.09. The zero-order valence-electron chi connectivity index (χ0n) is 5.72. The van der Waals surface area contributed by atoms with E-state index in [0.717, 1.165) is 12.2 Å². The standard InChI is InChI=1S/C6H12OS2/c1-3-5(4-9-2)6(7)8/h5H,3-4H2,1-2H3,(H,7,8)/p-1. The summed E-state index contributed by atoms with van der Waals surface area (Å²) in [6, 6.07) is 0. The molecule has 0 aliphatic carbocycles. The molecule has 0 aromatic rings. The molecule has 0 aromatic heterocycles. The predicted octanol–water partition coefficient (Wildman–Crippen LogP) is 1.45. The van der Waals surface area contributed by atoms with E-state index < -0.39 is 0 Å². The molecule has 3 heteroatoms. The molecule has 0 radical (unpaired) electrons. The van der Waals surface area contributed by atoms with Crippen molar-refractivity contribution < 1.29 is 4.79 Å². The number of thioether (sulfide) groups is 1. The molecule has 1 nitrogen and oxygen atoms in total. The van der Waals surface area contributed by atoms with Gasteiger partial charge in [0.25, 0.3) is 0 Å². The van der Waals surface area contributed by atoms with Gasteiger partial charge in [-0.3, -0.25) is 0 Å². The Bertz CT molecular complexity index is 93.1. The summed E-state index contributed by atoms with van der Waals surface area (Å²) in [5.41, 5.74) is 0. The fourth-order valence-electron chi connectivity index (χ4n) is 0.554. The molecule has 0 heterocycles. The summed E-state index contributed by atoms with van der Waals surface area (Å²) in [5.74, 6) is 0.980. The number of rotatable bonds is 4. The Labute approximate surface area is 66.0 Å². The van der Waals surface area contributed by atoms with Crippen LogP contribution in [0.4, 0.5) is 0 Å². The molecule has 0 N–H and O–H groups in total. The topological polar surface area (TPSA) is 17.1 Å². The zero-order valence-corrected chi connectivity index (χ0v) is 7.35. The highest BCUT2D eigenvalue weighted by Gasteiger charge is 2.03. The van der Waals surface area contributed by atoms with Crippen molar-refractivity contribution in [3.63, 3.8) is 0 Å². The Hall–Kier alpha value is 0.240. The molecule has 0 saturated carbocycles. The first-order chi connectivity index (χ1) is 4.22. The minimum atomic E-state index is -0.0909. The maximum absolute atomic E-state index is 10.6. The Morgan fingerprint density at radius 1 is 1.78 bits per heavy atom. The summed E-state index contributed by atoms with van der Waals surface area (Å²) >= 11 is 6.19. The van der Waals surface area contributed by atoms with Crippen molar-refractivity contribution in [3.05, 3.63) is 0 Å². The van der Waals surface area contributed by atoms with Gasteiger partial charge in [-0.2, -0.15) is 11.8 Å². The van der Waals surface area contributed by atoms with Crippen LogP contribution in [-0.2, 0) is 17.4 Å². The third-order valence-corrected chi connectivity index (χ3v) is 2.26. The second kappa shape index (κ2) is 5.06. The summed E-state index contributed by atoms with van der Waals surface area (Å²) in [5, 5.41) is -0.0909. The van der Waals surface area contributed by atoms with Gasteiger partial charge in [-0.25, -0.2) is 0 Å². The number of hydrogen-bond donors (Lipinski definition) is 0. The van der Waals surface area contributed by atoms with E-state index in [-0.39, 0.29) is 11.0 Å². The van der Waals surface area contributed by atoms with Crippen molar-refractivity contribution in [2.45, 2.75) is 13.3 Å². The smallest absolute Gasteiger partial charge is 0.0158 e. The zero-order chi connectivity index (χ0) is 7.28. The Morgan fingerprint density at radius 3 is 2.44 bits per heavy atom. The van der Waals surface area contributed by atoms with Gasteiger partial charge in [0.15, 0.2) is 0 Å². The highest BCUT2D eigenvalue weighted by molar-refractivity contribution is 7.98. The molecular weight excluding hydrogens is 152 g/mol. The molecule has 0 aliphatic heterocycles. The van der Waals surface area contributed by atoms with Crippen molar-refractivity contribution >= 4 is 29.5 Å². The van der Waals surface area contributed by atoms with Crippen molar-refractivity contribution in [1.82, 2.24) is 0 Å². The summed E-state index contributed by atoms with van der Waals surface area (Å²) in [6.45, 7) is 1.99. The van der Waals surface area contributed by atoms with Gasteiger partial charge in [0.05, 0.1) is 0 Å². The molecular formula is C6H11OS2-. The van der Waals surface area contributed by atoms with Crippen LogP contribution < -0.4 is 0 Å². The van der Waals surface area contributed by atoms with E-state index >= 15 is 0 Å². The molecule has 1 unspecified atom stereocenters. The Kier molecular flexibility index (Phi) is 5.19. The maximum Gasteiger partial charge on any atom is 0.0158 e. The van der Waals surface area contributed by atoms with Gasteiger partial charge < -0.3 is 17.4 Å². The average Bonchev–Trinajstić information content (AvgIpc) is 1.82. The van der Waals surface area contributed by atoms with Crippen LogP contribution >= 0.6 is 11.8 Å². The van der Waals surface area contributed by atoms with Gasteiger partial charge in [-0.05, 0) is 12.7 Å². The minimum absolute atomic E-state index is 0.0909. The largest absolute Gasteiger partial charge is 0.742 e. The lowest BCUT2D eigenvalue weighted by molar-refractivity contribution is -0.113. The molecule has 0 fully saturated rings.